The van der Waals surface area contributed by atoms with Gasteiger partial charge in [0.05, 0.1) is 11.1 Å². The predicted molar refractivity (Wildman–Crippen MR) is 95.8 cm³/mol. The first kappa shape index (κ1) is 16.0. The predicted octanol–water partition coefficient (Wildman–Crippen LogP) is 2.85. The largest absolute Gasteiger partial charge is 0.376 e. The topological polar surface area (TPSA) is 55.6 Å². The molecular weight excluding hydrogens is 322 g/mol. The van der Waals surface area contributed by atoms with Gasteiger partial charge in [-0.15, -0.1) is 0 Å². The first-order valence-corrected chi connectivity index (χ1v) is 9.76. The summed E-state index contributed by atoms with van der Waals surface area (Å²) < 4.78 is 7.81. The highest BCUT2D eigenvalue weighted by Crippen LogP contribution is 2.40. The minimum atomic E-state index is -0.243. The van der Waals surface area contributed by atoms with Crippen LogP contribution in [0, 0.1) is 0 Å². The molecule has 1 aliphatic carbocycles. The smallest absolute Gasteiger partial charge is 0.272 e. The Kier molecular flexibility index (Phi) is 4.26. The molecule has 2 aromatic heterocycles. The number of thioether (sulfide) groups is 1. The molecule has 1 aliphatic heterocycles. The highest BCUT2D eigenvalue weighted by Gasteiger charge is 2.34. The van der Waals surface area contributed by atoms with Crippen LogP contribution in [0.3, 0.4) is 0 Å². The van der Waals surface area contributed by atoms with Gasteiger partial charge in [-0.2, -0.15) is 11.8 Å². The van der Waals surface area contributed by atoms with Crippen molar-refractivity contribution in [2.75, 3.05) is 25.2 Å². The van der Waals surface area contributed by atoms with Crippen LogP contribution in [0.1, 0.15) is 47.9 Å². The van der Waals surface area contributed by atoms with Crippen LogP contribution in [0.4, 0.5) is 0 Å². The normalized spacial score (nSPS) is 24.2. The summed E-state index contributed by atoms with van der Waals surface area (Å²) in [5.74, 6) is 3.53. The van der Waals surface area contributed by atoms with E-state index >= 15 is 0 Å². The molecule has 2 fully saturated rings. The number of fused-ring (bicyclic) bond motifs is 1. The van der Waals surface area contributed by atoms with Gasteiger partial charge >= 0.3 is 0 Å². The van der Waals surface area contributed by atoms with Gasteiger partial charge in [0.15, 0.2) is 5.69 Å². The Labute approximate surface area is 146 Å². The Hall–Kier alpha value is -1.53. The van der Waals surface area contributed by atoms with Crippen molar-refractivity contribution in [2.45, 2.75) is 37.2 Å². The maximum Gasteiger partial charge on any atom is 0.272 e. The average Bonchev–Trinajstić information content (AvgIpc) is 3.41. The van der Waals surface area contributed by atoms with Gasteiger partial charge in [0.1, 0.15) is 5.82 Å². The number of aromatic nitrogens is 2. The number of pyridine rings is 1. The number of rotatable bonds is 5. The van der Waals surface area contributed by atoms with Crippen LogP contribution < -0.4 is 5.32 Å². The van der Waals surface area contributed by atoms with E-state index in [9.17, 15) is 4.79 Å². The Bertz CT molecular complexity index is 748. The van der Waals surface area contributed by atoms with Crippen LogP contribution in [-0.2, 0) is 4.74 Å². The summed E-state index contributed by atoms with van der Waals surface area (Å²) in [6.07, 6.45) is 6.46. The fourth-order valence-corrected chi connectivity index (χ4v) is 4.61. The summed E-state index contributed by atoms with van der Waals surface area (Å²) in [6, 6.07) is 5.91. The first-order chi connectivity index (χ1) is 11.7. The molecule has 3 heterocycles. The van der Waals surface area contributed by atoms with Crippen LogP contribution >= 0.6 is 11.8 Å². The molecule has 6 heteroatoms. The zero-order valence-electron chi connectivity index (χ0n) is 14.0. The summed E-state index contributed by atoms with van der Waals surface area (Å²) in [5, 5.41) is 3.07. The number of ether oxygens (including phenoxy) is 1. The van der Waals surface area contributed by atoms with Crippen LogP contribution in [0.25, 0.3) is 5.52 Å². The number of carbonyl (C=O) groups excluding carboxylic acids is 1. The summed E-state index contributed by atoms with van der Waals surface area (Å²) in [7, 11) is 1.75. The maximum atomic E-state index is 12.8. The van der Waals surface area contributed by atoms with E-state index in [4.69, 9.17) is 4.74 Å². The van der Waals surface area contributed by atoms with Crippen molar-refractivity contribution in [3.63, 3.8) is 0 Å². The lowest BCUT2D eigenvalue weighted by molar-refractivity contribution is 0.00189. The van der Waals surface area contributed by atoms with Crippen molar-refractivity contribution in [1.82, 2.24) is 14.7 Å². The minimum absolute atomic E-state index is 0.0994. The zero-order valence-corrected chi connectivity index (χ0v) is 14.8. The third-order valence-electron chi connectivity index (χ3n) is 5.02. The molecule has 0 bridgehead atoms. The molecule has 128 valence electrons. The van der Waals surface area contributed by atoms with E-state index in [0.717, 1.165) is 29.9 Å². The summed E-state index contributed by atoms with van der Waals surface area (Å²) in [6.45, 7) is 0.542. The van der Waals surface area contributed by atoms with E-state index < -0.39 is 0 Å². The van der Waals surface area contributed by atoms with Crippen molar-refractivity contribution in [3.05, 3.63) is 35.9 Å². The molecule has 1 amide bonds. The second kappa shape index (κ2) is 6.41. The molecular formula is C18H23N3O2S. The minimum Gasteiger partial charge on any atom is -0.376 e. The van der Waals surface area contributed by atoms with Gasteiger partial charge in [-0.1, -0.05) is 6.07 Å². The Morgan fingerprint density at radius 2 is 2.38 bits per heavy atom. The molecule has 1 saturated carbocycles. The van der Waals surface area contributed by atoms with Crippen molar-refractivity contribution in [2.24, 2.45) is 0 Å². The van der Waals surface area contributed by atoms with Crippen LogP contribution in [0.5, 0.6) is 0 Å². The lowest BCUT2D eigenvalue weighted by atomic mass is 9.99. The zero-order chi connectivity index (χ0) is 16.6. The molecule has 1 saturated heterocycles. The number of imidazole rings is 1. The number of carbonyl (C=O) groups is 1. The fourth-order valence-electron chi connectivity index (χ4n) is 3.38. The van der Waals surface area contributed by atoms with Crippen molar-refractivity contribution >= 4 is 23.2 Å². The number of methoxy groups -OCH3 is 1. The highest BCUT2D eigenvalue weighted by atomic mass is 32.2. The van der Waals surface area contributed by atoms with E-state index in [1.807, 2.05) is 36.2 Å². The molecule has 2 aromatic rings. The standard InChI is InChI=1S/C18H23N3O2S/c1-23-18(8-4-10-24-12-18)11-19-17(22)15-14-5-2-3-9-21(14)16(20-15)13-6-7-13/h2-3,5,9,13H,4,6-8,10-12H2,1H3,(H,19,22). The fraction of sp³-hybridized carbons (Fsp3) is 0.556. The maximum absolute atomic E-state index is 12.8. The van der Waals surface area contributed by atoms with Gasteiger partial charge in [0.25, 0.3) is 5.91 Å². The first-order valence-electron chi connectivity index (χ1n) is 8.60. The average molecular weight is 345 g/mol. The monoisotopic (exact) mass is 345 g/mol. The van der Waals surface area contributed by atoms with E-state index in [1.54, 1.807) is 7.11 Å². The van der Waals surface area contributed by atoms with Crippen LogP contribution in [-0.4, -0.2) is 46.1 Å². The molecule has 0 aromatic carbocycles. The highest BCUT2D eigenvalue weighted by molar-refractivity contribution is 7.99. The molecule has 1 atom stereocenters. The SMILES string of the molecule is COC1(CNC(=O)c2nc(C3CC3)n3ccccc23)CCCSC1. The van der Waals surface area contributed by atoms with E-state index in [1.165, 1.54) is 18.6 Å². The van der Waals surface area contributed by atoms with Crippen molar-refractivity contribution in [3.8, 4) is 0 Å². The molecule has 2 aliphatic rings. The molecule has 1 N–H and O–H groups in total. The summed E-state index contributed by atoms with van der Waals surface area (Å²) in [5.41, 5.74) is 1.18. The second-order valence-electron chi connectivity index (χ2n) is 6.77. The van der Waals surface area contributed by atoms with Crippen LogP contribution in [0.15, 0.2) is 24.4 Å². The molecule has 24 heavy (non-hydrogen) atoms. The molecule has 1 unspecified atom stereocenters. The number of nitrogens with one attached hydrogen (secondary N) is 1. The van der Waals surface area contributed by atoms with Crippen LogP contribution in [0.2, 0.25) is 0 Å². The van der Waals surface area contributed by atoms with Gasteiger partial charge in [-0.25, -0.2) is 4.98 Å². The summed E-state index contributed by atoms with van der Waals surface area (Å²) >= 11 is 1.90. The third-order valence-corrected chi connectivity index (χ3v) is 6.33. The van der Waals surface area contributed by atoms with Crippen molar-refractivity contribution in [1.29, 1.82) is 0 Å². The van der Waals surface area contributed by atoms with Gasteiger partial charge in [0, 0.05) is 31.5 Å². The Balaban J connectivity index is 1.55. The number of hydrogen-bond acceptors (Lipinski definition) is 4. The Morgan fingerprint density at radius 3 is 3.08 bits per heavy atom. The molecule has 0 spiro atoms. The lowest BCUT2D eigenvalue weighted by Gasteiger charge is -2.35. The molecule has 5 nitrogen and oxygen atoms in total. The quantitative estimate of drug-likeness (QED) is 0.905. The second-order valence-corrected chi connectivity index (χ2v) is 7.88. The number of hydrogen-bond donors (Lipinski definition) is 1. The van der Waals surface area contributed by atoms with Gasteiger partial charge in [0.2, 0.25) is 0 Å². The van der Waals surface area contributed by atoms with Gasteiger partial charge in [-0.3, -0.25) is 4.79 Å². The molecule has 4 rings (SSSR count). The number of amides is 1. The lowest BCUT2D eigenvalue weighted by Crippen LogP contribution is -2.48. The van der Waals surface area contributed by atoms with Crippen molar-refractivity contribution < 1.29 is 9.53 Å². The molecule has 0 radical (unpaired) electrons. The van der Waals surface area contributed by atoms with Gasteiger partial charge < -0.3 is 14.5 Å². The summed E-state index contributed by atoms with van der Waals surface area (Å²) in [4.78, 5) is 17.4. The Morgan fingerprint density at radius 1 is 1.50 bits per heavy atom. The van der Waals surface area contributed by atoms with Gasteiger partial charge in [-0.05, 0) is 43.6 Å². The van der Waals surface area contributed by atoms with E-state index in [0.29, 0.717) is 18.2 Å². The third kappa shape index (κ3) is 2.93. The van der Waals surface area contributed by atoms with E-state index in [2.05, 4.69) is 14.7 Å². The number of nitrogens with zero attached hydrogens (tertiary/aromatic N) is 2. The van der Waals surface area contributed by atoms with E-state index in [-0.39, 0.29) is 11.5 Å².